The van der Waals surface area contributed by atoms with E-state index in [9.17, 15) is 0 Å². The van der Waals surface area contributed by atoms with Crippen molar-refractivity contribution < 1.29 is 0 Å². The number of nitrogens with two attached hydrogens (primary N) is 1. The van der Waals surface area contributed by atoms with E-state index in [1.807, 2.05) is 12.1 Å². The van der Waals surface area contributed by atoms with E-state index in [1.165, 1.54) is 11.1 Å². The molecule has 0 spiro atoms. The highest BCUT2D eigenvalue weighted by molar-refractivity contribution is 9.10. The lowest BCUT2D eigenvalue weighted by molar-refractivity contribution is 0.530. The molecular formula is C17H18BrN3. The van der Waals surface area contributed by atoms with Crippen LogP contribution in [0.1, 0.15) is 18.1 Å². The second-order valence-electron chi connectivity index (χ2n) is 5.60. The molecule has 0 aromatic heterocycles. The standard InChI is InChI=1S/C17H18BrN3/c1-12-7-9-13(10-8-12)21-16(19)20-11-17(21,2)14-5-3-4-6-15(14)18/h3-10H,11H2,1-2H3,(H2,19,20). The van der Waals surface area contributed by atoms with E-state index >= 15 is 0 Å². The third-order valence-electron chi connectivity index (χ3n) is 4.02. The molecule has 1 aliphatic heterocycles. The van der Waals surface area contributed by atoms with E-state index < -0.39 is 0 Å². The number of hydrogen-bond donors (Lipinski definition) is 1. The van der Waals surface area contributed by atoms with Gasteiger partial charge in [-0.25, -0.2) is 0 Å². The maximum Gasteiger partial charge on any atom is 0.196 e. The highest BCUT2D eigenvalue weighted by atomic mass is 79.9. The van der Waals surface area contributed by atoms with Crippen molar-refractivity contribution >= 4 is 27.6 Å². The molecule has 2 aromatic carbocycles. The van der Waals surface area contributed by atoms with E-state index in [2.05, 4.69) is 76.1 Å². The van der Waals surface area contributed by atoms with Gasteiger partial charge < -0.3 is 10.6 Å². The average Bonchev–Trinajstić information content (AvgIpc) is 2.77. The van der Waals surface area contributed by atoms with Crippen molar-refractivity contribution in [2.24, 2.45) is 10.7 Å². The molecule has 2 N–H and O–H groups in total. The van der Waals surface area contributed by atoms with Gasteiger partial charge in [0.15, 0.2) is 5.96 Å². The van der Waals surface area contributed by atoms with Gasteiger partial charge in [-0.15, -0.1) is 0 Å². The third kappa shape index (κ3) is 2.33. The maximum atomic E-state index is 6.17. The highest BCUT2D eigenvalue weighted by Gasteiger charge is 2.41. The normalized spacial score (nSPS) is 21.5. The van der Waals surface area contributed by atoms with Crippen molar-refractivity contribution in [2.75, 3.05) is 11.4 Å². The van der Waals surface area contributed by atoms with Crippen LogP contribution in [-0.4, -0.2) is 12.5 Å². The number of benzene rings is 2. The fourth-order valence-electron chi connectivity index (χ4n) is 2.84. The van der Waals surface area contributed by atoms with Gasteiger partial charge in [0.1, 0.15) is 0 Å². The lowest BCUT2D eigenvalue weighted by Gasteiger charge is -2.37. The van der Waals surface area contributed by atoms with Crippen molar-refractivity contribution in [3.63, 3.8) is 0 Å². The molecule has 2 aromatic rings. The smallest absolute Gasteiger partial charge is 0.196 e. The van der Waals surface area contributed by atoms with Gasteiger partial charge in [-0.3, -0.25) is 4.99 Å². The number of hydrogen-bond acceptors (Lipinski definition) is 3. The van der Waals surface area contributed by atoms with Crippen LogP contribution in [0.3, 0.4) is 0 Å². The van der Waals surface area contributed by atoms with Crippen molar-refractivity contribution in [1.29, 1.82) is 0 Å². The summed E-state index contributed by atoms with van der Waals surface area (Å²) in [5, 5.41) is 0. The monoisotopic (exact) mass is 343 g/mol. The molecule has 0 amide bonds. The van der Waals surface area contributed by atoms with Gasteiger partial charge in [0, 0.05) is 10.2 Å². The SMILES string of the molecule is Cc1ccc(N2C(N)=NCC2(C)c2ccccc2Br)cc1. The minimum Gasteiger partial charge on any atom is -0.369 e. The van der Waals surface area contributed by atoms with Crippen LogP contribution in [0, 0.1) is 6.92 Å². The average molecular weight is 344 g/mol. The number of aliphatic imine (C=N–C) groups is 1. The fourth-order valence-corrected chi connectivity index (χ4v) is 3.56. The minimum absolute atomic E-state index is 0.278. The summed E-state index contributed by atoms with van der Waals surface area (Å²) in [4.78, 5) is 6.60. The molecule has 1 aliphatic rings. The Bertz CT molecular complexity index is 693. The first-order chi connectivity index (χ1) is 10.0. The minimum atomic E-state index is -0.278. The first-order valence-corrected chi connectivity index (χ1v) is 7.73. The summed E-state index contributed by atoms with van der Waals surface area (Å²) in [7, 11) is 0. The van der Waals surface area contributed by atoms with Crippen LogP contribution in [-0.2, 0) is 5.54 Å². The topological polar surface area (TPSA) is 41.6 Å². The van der Waals surface area contributed by atoms with Crippen molar-refractivity contribution in [1.82, 2.24) is 0 Å². The molecule has 1 unspecified atom stereocenters. The van der Waals surface area contributed by atoms with Crippen molar-refractivity contribution in [3.05, 3.63) is 64.1 Å². The summed E-state index contributed by atoms with van der Waals surface area (Å²) in [5.41, 5.74) is 9.38. The Kier molecular flexibility index (Phi) is 3.49. The van der Waals surface area contributed by atoms with Crippen molar-refractivity contribution in [2.45, 2.75) is 19.4 Å². The number of anilines is 1. The molecule has 0 radical (unpaired) electrons. The summed E-state index contributed by atoms with van der Waals surface area (Å²) >= 11 is 3.65. The molecular weight excluding hydrogens is 326 g/mol. The van der Waals surface area contributed by atoms with Crippen LogP contribution in [0.15, 0.2) is 58.0 Å². The summed E-state index contributed by atoms with van der Waals surface area (Å²) in [6.45, 7) is 4.91. The molecule has 0 saturated heterocycles. The molecule has 3 rings (SSSR count). The number of aryl methyl sites for hydroxylation is 1. The maximum absolute atomic E-state index is 6.17. The van der Waals surface area contributed by atoms with E-state index in [4.69, 9.17) is 5.73 Å². The summed E-state index contributed by atoms with van der Waals surface area (Å²) in [6.07, 6.45) is 0. The zero-order chi connectivity index (χ0) is 15.0. The second kappa shape index (κ2) is 5.19. The lowest BCUT2D eigenvalue weighted by Crippen LogP contribution is -2.48. The number of rotatable bonds is 2. The van der Waals surface area contributed by atoms with Crippen LogP contribution in [0.2, 0.25) is 0 Å². The molecule has 0 fully saturated rings. The van der Waals surface area contributed by atoms with Crippen molar-refractivity contribution in [3.8, 4) is 0 Å². The summed E-state index contributed by atoms with van der Waals surface area (Å²) in [6, 6.07) is 16.6. The Labute approximate surface area is 133 Å². The van der Waals surface area contributed by atoms with Gasteiger partial charge in [-0.05, 0) is 37.6 Å². The zero-order valence-electron chi connectivity index (χ0n) is 12.2. The van der Waals surface area contributed by atoms with E-state index in [1.54, 1.807) is 0 Å². The Hall–Kier alpha value is -1.81. The second-order valence-corrected chi connectivity index (χ2v) is 6.45. The van der Waals surface area contributed by atoms with E-state index in [0.717, 1.165) is 10.2 Å². The van der Waals surface area contributed by atoms with E-state index in [0.29, 0.717) is 12.5 Å². The Morgan fingerprint density at radius 2 is 1.81 bits per heavy atom. The van der Waals surface area contributed by atoms with Gasteiger partial charge in [0.25, 0.3) is 0 Å². The predicted octanol–water partition coefficient (Wildman–Crippen LogP) is 3.81. The van der Waals surface area contributed by atoms with Crippen LogP contribution < -0.4 is 10.6 Å². The molecule has 0 saturated carbocycles. The first kappa shape index (κ1) is 14.1. The summed E-state index contributed by atoms with van der Waals surface area (Å²) < 4.78 is 1.08. The Morgan fingerprint density at radius 1 is 1.14 bits per heavy atom. The number of guanidine groups is 1. The zero-order valence-corrected chi connectivity index (χ0v) is 13.8. The molecule has 0 bridgehead atoms. The van der Waals surface area contributed by atoms with Crippen LogP contribution in [0.5, 0.6) is 0 Å². The van der Waals surface area contributed by atoms with Gasteiger partial charge in [0.05, 0.1) is 12.1 Å². The number of nitrogens with zero attached hydrogens (tertiary/aromatic N) is 2. The molecule has 108 valence electrons. The molecule has 4 heteroatoms. The molecule has 3 nitrogen and oxygen atoms in total. The quantitative estimate of drug-likeness (QED) is 0.900. The van der Waals surface area contributed by atoms with Gasteiger partial charge in [-0.1, -0.05) is 51.8 Å². The third-order valence-corrected chi connectivity index (χ3v) is 4.71. The molecule has 1 heterocycles. The van der Waals surface area contributed by atoms with Gasteiger partial charge in [-0.2, -0.15) is 0 Å². The first-order valence-electron chi connectivity index (χ1n) is 6.94. The van der Waals surface area contributed by atoms with Gasteiger partial charge >= 0.3 is 0 Å². The van der Waals surface area contributed by atoms with Crippen LogP contribution in [0.25, 0.3) is 0 Å². The molecule has 0 aliphatic carbocycles. The molecule has 1 atom stereocenters. The van der Waals surface area contributed by atoms with Crippen LogP contribution in [0.4, 0.5) is 5.69 Å². The summed E-state index contributed by atoms with van der Waals surface area (Å²) in [5.74, 6) is 0.567. The van der Waals surface area contributed by atoms with Crippen LogP contribution >= 0.6 is 15.9 Å². The Balaban J connectivity index is 2.10. The highest BCUT2D eigenvalue weighted by Crippen LogP contribution is 2.39. The Morgan fingerprint density at radius 3 is 2.48 bits per heavy atom. The fraction of sp³-hybridized carbons (Fsp3) is 0.235. The largest absolute Gasteiger partial charge is 0.369 e. The predicted molar refractivity (Wildman–Crippen MR) is 91.6 cm³/mol. The number of halogens is 1. The molecule has 21 heavy (non-hydrogen) atoms. The van der Waals surface area contributed by atoms with Gasteiger partial charge in [0.2, 0.25) is 0 Å². The lowest BCUT2D eigenvalue weighted by atomic mass is 9.90. The van der Waals surface area contributed by atoms with E-state index in [-0.39, 0.29) is 5.54 Å².